The smallest absolute Gasteiger partial charge is 0.191 e. The van der Waals surface area contributed by atoms with Crippen LogP contribution >= 0.6 is 24.0 Å². The molecule has 160 valence electrons. The molecule has 1 saturated heterocycles. The fourth-order valence-corrected chi connectivity index (χ4v) is 3.53. The minimum absolute atomic E-state index is 0. The Morgan fingerprint density at radius 2 is 2.14 bits per heavy atom. The van der Waals surface area contributed by atoms with E-state index in [9.17, 15) is 0 Å². The zero-order valence-electron chi connectivity index (χ0n) is 17.4. The van der Waals surface area contributed by atoms with Gasteiger partial charge in [0, 0.05) is 51.7 Å². The number of guanidine groups is 1. The molecule has 29 heavy (non-hydrogen) atoms. The number of nitrogens with zero attached hydrogens (tertiary/aromatic N) is 4. The Hall–Kier alpha value is -1.97. The van der Waals surface area contributed by atoms with Gasteiger partial charge < -0.3 is 20.3 Å². The molecule has 3 rings (SSSR count). The highest BCUT2D eigenvalue weighted by molar-refractivity contribution is 14.0. The van der Waals surface area contributed by atoms with E-state index in [1.165, 1.54) is 5.69 Å². The van der Waals surface area contributed by atoms with Crippen molar-refractivity contribution in [1.82, 2.24) is 20.4 Å². The third-order valence-corrected chi connectivity index (χ3v) is 4.98. The van der Waals surface area contributed by atoms with Gasteiger partial charge in [0.15, 0.2) is 5.96 Å². The van der Waals surface area contributed by atoms with E-state index in [4.69, 9.17) is 9.73 Å². The summed E-state index contributed by atoms with van der Waals surface area (Å²) in [6.45, 7) is 7.65. The van der Waals surface area contributed by atoms with Gasteiger partial charge in [0.1, 0.15) is 5.75 Å². The van der Waals surface area contributed by atoms with Crippen LogP contribution in [0, 0.1) is 5.92 Å². The number of ether oxygens (including phenoxy) is 1. The Kier molecular flexibility index (Phi) is 10.1. The summed E-state index contributed by atoms with van der Waals surface area (Å²) in [5, 5.41) is 11.0. The largest absolute Gasteiger partial charge is 0.495 e. The van der Waals surface area contributed by atoms with Crippen LogP contribution in [0.1, 0.15) is 19.8 Å². The molecule has 1 fully saturated rings. The summed E-state index contributed by atoms with van der Waals surface area (Å²) in [6, 6.07) is 10.2. The number of halogens is 1. The summed E-state index contributed by atoms with van der Waals surface area (Å²) in [5.74, 6) is 2.40. The van der Waals surface area contributed by atoms with Gasteiger partial charge in [-0.1, -0.05) is 12.1 Å². The van der Waals surface area contributed by atoms with Crippen molar-refractivity contribution in [1.29, 1.82) is 0 Å². The first-order valence-corrected chi connectivity index (χ1v) is 10.2. The summed E-state index contributed by atoms with van der Waals surface area (Å²) in [4.78, 5) is 7.22. The Balaban J connectivity index is 0.00000300. The lowest BCUT2D eigenvalue weighted by Crippen LogP contribution is -2.38. The van der Waals surface area contributed by atoms with Crippen LogP contribution in [0.4, 0.5) is 5.69 Å². The van der Waals surface area contributed by atoms with Gasteiger partial charge in [-0.05, 0) is 43.9 Å². The molecule has 1 aromatic carbocycles. The number of para-hydroxylation sites is 2. The molecule has 2 N–H and O–H groups in total. The highest BCUT2D eigenvalue weighted by Gasteiger charge is 2.24. The molecule has 2 aromatic rings. The van der Waals surface area contributed by atoms with Crippen LogP contribution in [0.15, 0.2) is 47.7 Å². The predicted octanol–water partition coefficient (Wildman–Crippen LogP) is 2.98. The van der Waals surface area contributed by atoms with E-state index >= 15 is 0 Å². The van der Waals surface area contributed by atoms with E-state index in [-0.39, 0.29) is 24.0 Å². The summed E-state index contributed by atoms with van der Waals surface area (Å²) in [6.07, 6.45) is 5.97. The molecule has 0 amide bonds. The molecule has 0 aliphatic carbocycles. The average Bonchev–Trinajstić information content (AvgIpc) is 3.41. The zero-order valence-corrected chi connectivity index (χ0v) is 19.7. The zero-order chi connectivity index (χ0) is 19.6. The molecule has 1 atom stereocenters. The second kappa shape index (κ2) is 12.6. The van der Waals surface area contributed by atoms with Gasteiger partial charge in [0.25, 0.3) is 0 Å². The summed E-state index contributed by atoms with van der Waals surface area (Å²) in [5.41, 5.74) is 1.18. The summed E-state index contributed by atoms with van der Waals surface area (Å²) in [7, 11) is 1.73. The molecular formula is C21H33IN6O. The van der Waals surface area contributed by atoms with Crippen molar-refractivity contribution in [2.24, 2.45) is 10.9 Å². The predicted molar refractivity (Wildman–Crippen MR) is 130 cm³/mol. The molecule has 8 heteroatoms. The Morgan fingerprint density at radius 3 is 2.90 bits per heavy atom. The van der Waals surface area contributed by atoms with E-state index in [2.05, 4.69) is 39.7 Å². The lowest BCUT2D eigenvalue weighted by Gasteiger charge is -2.21. The number of benzene rings is 1. The minimum atomic E-state index is 0. The number of hydrogen-bond acceptors (Lipinski definition) is 4. The van der Waals surface area contributed by atoms with Gasteiger partial charge in [-0.3, -0.25) is 9.67 Å². The first kappa shape index (κ1) is 23.3. The molecule has 7 nitrogen and oxygen atoms in total. The summed E-state index contributed by atoms with van der Waals surface area (Å²) < 4.78 is 7.46. The Labute approximate surface area is 190 Å². The molecule has 1 aliphatic rings. The first-order chi connectivity index (χ1) is 13.8. The highest BCUT2D eigenvalue weighted by Crippen LogP contribution is 2.31. The lowest BCUT2D eigenvalue weighted by atomic mass is 10.1. The second-order valence-corrected chi connectivity index (χ2v) is 7.04. The number of nitrogens with one attached hydrogen (secondary N) is 2. The molecule has 1 aromatic heterocycles. The van der Waals surface area contributed by atoms with Crippen LogP contribution in [0.5, 0.6) is 5.75 Å². The minimum Gasteiger partial charge on any atom is -0.495 e. The van der Waals surface area contributed by atoms with Crippen LogP contribution in [-0.4, -0.2) is 55.6 Å². The van der Waals surface area contributed by atoms with Crippen molar-refractivity contribution in [3.63, 3.8) is 0 Å². The quantitative estimate of drug-likeness (QED) is 0.234. The lowest BCUT2D eigenvalue weighted by molar-refractivity contribution is 0.414. The topological polar surface area (TPSA) is 66.7 Å². The molecule has 0 radical (unpaired) electrons. The van der Waals surface area contributed by atoms with Crippen molar-refractivity contribution in [3.8, 4) is 5.75 Å². The maximum absolute atomic E-state index is 5.51. The van der Waals surface area contributed by atoms with E-state index in [0.29, 0.717) is 5.92 Å². The molecule has 1 unspecified atom stereocenters. The molecule has 0 bridgehead atoms. The van der Waals surface area contributed by atoms with Gasteiger partial charge in [-0.2, -0.15) is 5.10 Å². The maximum Gasteiger partial charge on any atom is 0.191 e. The van der Waals surface area contributed by atoms with Crippen molar-refractivity contribution in [3.05, 3.63) is 42.7 Å². The number of methoxy groups -OCH3 is 1. The van der Waals surface area contributed by atoms with Crippen molar-refractivity contribution in [2.45, 2.75) is 26.3 Å². The Morgan fingerprint density at radius 1 is 1.28 bits per heavy atom. The molecule has 0 saturated carbocycles. The second-order valence-electron chi connectivity index (χ2n) is 7.04. The van der Waals surface area contributed by atoms with E-state index in [1.807, 2.05) is 35.3 Å². The molecule has 0 spiro atoms. The van der Waals surface area contributed by atoms with Crippen molar-refractivity contribution < 1.29 is 4.74 Å². The average molecular weight is 512 g/mol. The third-order valence-electron chi connectivity index (χ3n) is 4.98. The summed E-state index contributed by atoms with van der Waals surface area (Å²) >= 11 is 0. The number of anilines is 1. The standard InChI is InChI=1S/C21H32N6O.HI/c1-3-22-21(23-11-6-13-27-14-7-12-25-27)24-16-18-10-15-26(17-18)19-8-4-5-9-20(19)28-2;/h4-5,7-9,12,14,18H,3,6,10-11,13,15-17H2,1-2H3,(H2,22,23,24);1H. The Bertz CT molecular complexity index is 737. The normalized spacial score (nSPS) is 16.4. The number of rotatable bonds is 9. The highest BCUT2D eigenvalue weighted by atomic mass is 127. The van der Waals surface area contributed by atoms with E-state index in [0.717, 1.165) is 63.8 Å². The monoisotopic (exact) mass is 512 g/mol. The number of aryl methyl sites for hydroxylation is 1. The van der Waals surface area contributed by atoms with E-state index in [1.54, 1.807) is 7.11 Å². The van der Waals surface area contributed by atoms with Crippen LogP contribution in [0.25, 0.3) is 0 Å². The number of aliphatic imine (C=N–C) groups is 1. The van der Waals surface area contributed by atoms with Gasteiger partial charge >= 0.3 is 0 Å². The van der Waals surface area contributed by atoms with Crippen LogP contribution in [0.2, 0.25) is 0 Å². The van der Waals surface area contributed by atoms with Crippen LogP contribution < -0.4 is 20.3 Å². The van der Waals surface area contributed by atoms with Crippen LogP contribution in [-0.2, 0) is 6.54 Å². The van der Waals surface area contributed by atoms with E-state index < -0.39 is 0 Å². The number of aromatic nitrogens is 2. The fraction of sp³-hybridized carbons (Fsp3) is 0.524. The van der Waals surface area contributed by atoms with Crippen molar-refractivity contribution >= 4 is 35.6 Å². The van der Waals surface area contributed by atoms with Gasteiger partial charge in [0.05, 0.1) is 12.8 Å². The van der Waals surface area contributed by atoms with Gasteiger partial charge in [-0.15, -0.1) is 24.0 Å². The molecular weight excluding hydrogens is 479 g/mol. The maximum atomic E-state index is 5.51. The SMILES string of the molecule is CCNC(=NCC1CCN(c2ccccc2OC)C1)NCCCn1cccn1.I. The molecule has 2 heterocycles. The number of hydrogen-bond donors (Lipinski definition) is 2. The van der Waals surface area contributed by atoms with Crippen molar-refractivity contribution in [2.75, 3.05) is 44.7 Å². The van der Waals surface area contributed by atoms with Crippen LogP contribution in [0.3, 0.4) is 0 Å². The van der Waals surface area contributed by atoms with Gasteiger partial charge in [0.2, 0.25) is 0 Å². The molecule has 1 aliphatic heterocycles. The fourth-order valence-electron chi connectivity index (χ4n) is 3.53. The third kappa shape index (κ3) is 7.09. The van der Waals surface area contributed by atoms with Gasteiger partial charge in [-0.25, -0.2) is 0 Å². The first-order valence-electron chi connectivity index (χ1n) is 10.2.